The summed E-state index contributed by atoms with van der Waals surface area (Å²) < 4.78 is 0. The highest BCUT2D eigenvalue weighted by molar-refractivity contribution is 5.89. The first-order valence-corrected chi connectivity index (χ1v) is 7.84. The number of urea groups is 1. The van der Waals surface area contributed by atoms with E-state index in [2.05, 4.69) is 32.8 Å². The first kappa shape index (κ1) is 18.5. The maximum absolute atomic E-state index is 11.6. The fraction of sp³-hybridized carbons (Fsp3) is 0.412. The Bertz CT molecular complexity index is 522. The van der Waals surface area contributed by atoms with Gasteiger partial charge >= 0.3 is 6.03 Å². The molecule has 23 heavy (non-hydrogen) atoms. The van der Waals surface area contributed by atoms with Crippen LogP contribution >= 0.6 is 0 Å². The average Bonchev–Trinajstić information content (AvgIpc) is 2.50. The molecule has 0 heterocycles. The van der Waals surface area contributed by atoms with Gasteiger partial charge in [0.1, 0.15) is 0 Å². The minimum Gasteiger partial charge on any atom is -0.357 e. The lowest BCUT2D eigenvalue weighted by Crippen LogP contribution is -2.37. The van der Waals surface area contributed by atoms with Crippen LogP contribution in [0.15, 0.2) is 41.9 Å². The van der Waals surface area contributed by atoms with Crippen molar-refractivity contribution in [1.29, 1.82) is 0 Å². The Kier molecular flexibility index (Phi) is 8.28. The van der Waals surface area contributed by atoms with E-state index in [4.69, 9.17) is 0 Å². The second-order valence-corrected chi connectivity index (χ2v) is 5.31. The minimum atomic E-state index is -0.200. The summed E-state index contributed by atoms with van der Waals surface area (Å²) in [5, 5.41) is 11.9. The van der Waals surface area contributed by atoms with Crippen molar-refractivity contribution in [2.75, 3.05) is 18.4 Å². The molecule has 0 unspecified atom stereocenters. The van der Waals surface area contributed by atoms with Crippen LogP contribution in [-0.4, -0.2) is 31.1 Å². The smallest absolute Gasteiger partial charge is 0.319 e. The summed E-state index contributed by atoms with van der Waals surface area (Å²) >= 11 is 0. The van der Waals surface area contributed by atoms with E-state index in [1.807, 2.05) is 45.0 Å². The highest BCUT2D eigenvalue weighted by Crippen LogP contribution is 2.10. The first-order valence-electron chi connectivity index (χ1n) is 7.84. The third kappa shape index (κ3) is 7.90. The quantitative estimate of drug-likeness (QED) is 0.354. The number of nitrogens with one attached hydrogen (secondary N) is 4. The van der Waals surface area contributed by atoms with E-state index in [0.717, 1.165) is 23.8 Å². The van der Waals surface area contributed by atoms with E-state index >= 15 is 0 Å². The van der Waals surface area contributed by atoms with Crippen LogP contribution in [0.25, 0.3) is 0 Å². The molecule has 4 N–H and O–H groups in total. The molecule has 0 aliphatic carbocycles. The van der Waals surface area contributed by atoms with Crippen LogP contribution < -0.4 is 21.3 Å². The molecule has 0 radical (unpaired) electrons. The first-order chi connectivity index (χ1) is 11.0. The Morgan fingerprint density at radius 2 is 1.96 bits per heavy atom. The van der Waals surface area contributed by atoms with Gasteiger partial charge in [0.15, 0.2) is 5.96 Å². The predicted octanol–water partition coefficient (Wildman–Crippen LogP) is 2.46. The number of hydrogen-bond donors (Lipinski definition) is 4. The van der Waals surface area contributed by atoms with Crippen LogP contribution in [0.4, 0.5) is 10.5 Å². The van der Waals surface area contributed by atoms with Gasteiger partial charge in [-0.2, -0.15) is 0 Å². The molecule has 6 heteroatoms. The molecule has 1 rings (SSSR count). The molecule has 0 atom stereocenters. The van der Waals surface area contributed by atoms with E-state index in [1.165, 1.54) is 0 Å². The fourth-order valence-corrected chi connectivity index (χ4v) is 1.80. The monoisotopic (exact) mass is 317 g/mol. The van der Waals surface area contributed by atoms with Crippen LogP contribution in [0.5, 0.6) is 0 Å². The topological polar surface area (TPSA) is 77.5 Å². The van der Waals surface area contributed by atoms with Gasteiger partial charge in [-0.15, -0.1) is 6.58 Å². The lowest BCUT2D eigenvalue weighted by molar-refractivity contribution is 0.250. The van der Waals surface area contributed by atoms with Crippen molar-refractivity contribution in [2.45, 2.75) is 33.4 Å². The van der Waals surface area contributed by atoms with Gasteiger partial charge in [-0.1, -0.05) is 18.2 Å². The SMILES string of the molecule is C=CCNC(=NCc1ccc(NC(=O)NC(C)C)cc1)NCC. The highest BCUT2D eigenvalue weighted by Gasteiger charge is 2.03. The number of hydrogen-bond acceptors (Lipinski definition) is 2. The number of benzene rings is 1. The molecule has 0 bridgehead atoms. The van der Waals surface area contributed by atoms with Gasteiger partial charge in [0.05, 0.1) is 6.54 Å². The van der Waals surface area contributed by atoms with Crippen molar-refractivity contribution in [3.63, 3.8) is 0 Å². The second-order valence-electron chi connectivity index (χ2n) is 5.31. The molecule has 1 aromatic rings. The molecule has 0 saturated heterocycles. The molecule has 1 aromatic carbocycles. The Hall–Kier alpha value is -2.50. The maximum atomic E-state index is 11.6. The number of rotatable bonds is 7. The predicted molar refractivity (Wildman–Crippen MR) is 96.7 cm³/mol. The van der Waals surface area contributed by atoms with Crippen LogP contribution in [0.3, 0.4) is 0 Å². The Labute approximate surface area is 138 Å². The zero-order valence-electron chi connectivity index (χ0n) is 14.1. The van der Waals surface area contributed by atoms with Gasteiger partial charge < -0.3 is 21.3 Å². The van der Waals surface area contributed by atoms with E-state index < -0.39 is 0 Å². The van der Waals surface area contributed by atoms with E-state index in [1.54, 1.807) is 6.08 Å². The highest BCUT2D eigenvalue weighted by atomic mass is 16.2. The molecular weight excluding hydrogens is 290 g/mol. The van der Waals surface area contributed by atoms with E-state index in [-0.39, 0.29) is 12.1 Å². The molecule has 126 valence electrons. The van der Waals surface area contributed by atoms with Crippen molar-refractivity contribution < 1.29 is 4.79 Å². The summed E-state index contributed by atoms with van der Waals surface area (Å²) in [7, 11) is 0. The van der Waals surface area contributed by atoms with Crippen molar-refractivity contribution in [3.8, 4) is 0 Å². The van der Waals surface area contributed by atoms with Gasteiger partial charge in [-0.25, -0.2) is 9.79 Å². The molecular formula is C17H27N5O. The number of carbonyl (C=O) groups is 1. The fourth-order valence-electron chi connectivity index (χ4n) is 1.80. The summed E-state index contributed by atoms with van der Waals surface area (Å²) in [4.78, 5) is 16.1. The third-order valence-electron chi connectivity index (χ3n) is 2.81. The average molecular weight is 317 g/mol. The van der Waals surface area contributed by atoms with Gasteiger partial charge in [-0.3, -0.25) is 0 Å². The Morgan fingerprint density at radius 1 is 1.26 bits per heavy atom. The van der Waals surface area contributed by atoms with Crippen molar-refractivity contribution in [3.05, 3.63) is 42.5 Å². The van der Waals surface area contributed by atoms with Crippen molar-refractivity contribution >= 4 is 17.7 Å². The van der Waals surface area contributed by atoms with E-state index in [9.17, 15) is 4.79 Å². The lowest BCUT2D eigenvalue weighted by atomic mass is 10.2. The van der Waals surface area contributed by atoms with Gasteiger partial charge in [-0.05, 0) is 38.5 Å². The molecule has 2 amide bonds. The summed E-state index contributed by atoms with van der Waals surface area (Å²) in [6.07, 6.45) is 1.79. The summed E-state index contributed by atoms with van der Waals surface area (Å²) in [6, 6.07) is 7.55. The number of nitrogens with zero attached hydrogens (tertiary/aromatic N) is 1. The standard InChI is InChI=1S/C17H27N5O/c1-5-11-19-16(18-6-2)20-12-14-7-9-15(10-8-14)22-17(23)21-13(3)4/h5,7-10,13H,1,6,11-12H2,2-4H3,(H2,18,19,20)(H2,21,22,23). The molecule has 0 aliphatic rings. The molecule has 0 aromatic heterocycles. The second kappa shape index (κ2) is 10.3. The van der Waals surface area contributed by atoms with Crippen LogP contribution in [-0.2, 0) is 6.54 Å². The van der Waals surface area contributed by atoms with Gasteiger partial charge in [0.2, 0.25) is 0 Å². The minimum absolute atomic E-state index is 0.108. The van der Waals surface area contributed by atoms with Crippen LogP contribution in [0.1, 0.15) is 26.3 Å². The Morgan fingerprint density at radius 3 is 2.52 bits per heavy atom. The molecule has 0 spiro atoms. The molecule has 0 saturated carbocycles. The van der Waals surface area contributed by atoms with Crippen LogP contribution in [0, 0.1) is 0 Å². The Balaban J connectivity index is 2.58. The third-order valence-corrected chi connectivity index (χ3v) is 2.81. The summed E-state index contributed by atoms with van der Waals surface area (Å²) in [5.41, 5.74) is 1.82. The van der Waals surface area contributed by atoms with Crippen LogP contribution in [0.2, 0.25) is 0 Å². The maximum Gasteiger partial charge on any atom is 0.319 e. The lowest BCUT2D eigenvalue weighted by Gasteiger charge is -2.11. The number of amides is 2. The van der Waals surface area contributed by atoms with Gasteiger partial charge in [0, 0.05) is 24.8 Å². The largest absolute Gasteiger partial charge is 0.357 e. The summed E-state index contributed by atoms with van der Waals surface area (Å²) in [5.74, 6) is 0.755. The van der Waals surface area contributed by atoms with E-state index in [0.29, 0.717) is 13.1 Å². The molecule has 0 fully saturated rings. The zero-order valence-corrected chi connectivity index (χ0v) is 14.1. The van der Waals surface area contributed by atoms with Gasteiger partial charge in [0.25, 0.3) is 0 Å². The normalized spacial score (nSPS) is 11.0. The van der Waals surface area contributed by atoms with Crippen molar-refractivity contribution in [1.82, 2.24) is 16.0 Å². The number of anilines is 1. The zero-order chi connectivity index (χ0) is 17.1. The number of guanidine groups is 1. The molecule has 6 nitrogen and oxygen atoms in total. The number of aliphatic imine (C=N–C) groups is 1. The number of carbonyl (C=O) groups excluding carboxylic acids is 1. The molecule has 0 aliphatic heterocycles. The summed E-state index contributed by atoms with van der Waals surface area (Å²) in [6.45, 7) is 11.6. The van der Waals surface area contributed by atoms with Crippen molar-refractivity contribution in [2.24, 2.45) is 4.99 Å².